The molecule has 0 bridgehead atoms. The van der Waals surface area contributed by atoms with Crippen LogP contribution < -0.4 is 0 Å². The Hall–Kier alpha value is -0.0800. The first-order valence-corrected chi connectivity index (χ1v) is 5.24. The summed E-state index contributed by atoms with van der Waals surface area (Å²) in [5, 5.41) is 5.28. The molecular formula is C8H9BrS. The van der Waals surface area contributed by atoms with Crippen molar-refractivity contribution in [1.29, 1.82) is 0 Å². The Balaban J connectivity index is 2.40. The summed E-state index contributed by atoms with van der Waals surface area (Å²) in [7, 11) is 0. The molecule has 1 aromatic rings. The van der Waals surface area contributed by atoms with Crippen LogP contribution in [0.2, 0.25) is 0 Å². The van der Waals surface area contributed by atoms with E-state index in [9.17, 15) is 0 Å². The van der Waals surface area contributed by atoms with Gasteiger partial charge in [0.25, 0.3) is 0 Å². The van der Waals surface area contributed by atoms with Gasteiger partial charge >= 0.3 is 0 Å². The number of rotatable bonds is 3. The van der Waals surface area contributed by atoms with Gasteiger partial charge in [-0.25, -0.2) is 0 Å². The molecular weight excluding hydrogens is 208 g/mol. The van der Waals surface area contributed by atoms with Crippen LogP contribution in [0.5, 0.6) is 0 Å². The van der Waals surface area contributed by atoms with Crippen LogP contribution in [0.4, 0.5) is 0 Å². The molecule has 1 aromatic heterocycles. The highest BCUT2D eigenvalue weighted by Gasteiger charge is 1.82. The maximum atomic E-state index is 3.37. The maximum Gasteiger partial charge on any atom is 0.00660 e. The number of hydrogen-bond donors (Lipinski definition) is 0. The SMILES string of the molecule is BrCC/C=C/c1ccsc1. The molecule has 0 N–H and O–H groups in total. The van der Waals surface area contributed by atoms with Crippen molar-refractivity contribution in [2.24, 2.45) is 0 Å². The lowest BCUT2D eigenvalue weighted by molar-refractivity contribution is 1.27. The summed E-state index contributed by atoms with van der Waals surface area (Å²) >= 11 is 5.10. The molecule has 1 heterocycles. The molecule has 0 aliphatic heterocycles. The minimum atomic E-state index is 1.05. The zero-order valence-electron chi connectivity index (χ0n) is 5.59. The lowest BCUT2D eigenvalue weighted by Gasteiger charge is -1.82. The number of alkyl halides is 1. The highest BCUT2D eigenvalue weighted by Crippen LogP contribution is 2.08. The summed E-state index contributed by atoms with van der Waals surface area (Å²) in [5.41, 5.74) is 1.31. The molecule has 0 saturated heterocycles. The van der Waals surface area contributed by atoms with Crippen LogP contribution >= 0.6 is 27.3 Å². The van der Waals surface area contributed by atoms with Gasteiger partial charge in [0.2, 0.25) is 0 Å². The number of thiophene rings is 1. The first-order chi connectivity index (χ1) is 4.93. The summed E-state index contributed by atoms with van der Waals surface area (Å²) in [6, 6.07) is 2.12. The smallest absolute Gasteiger partial charge is 0.00660 e. The molecule has 0 spiro atoms. The number of hydrogen-bond acceptors (Lipinski definition) is 1. The number of halogens is 1. The molecule has 0 fully saturated rings. The van der Waals surface area contributed by atoms with Crippen LogP contribution in [0.3, 0.4) is 0 Å². The van der Waals surface area contributed by atoms with E-state index in [0.29, 0.717) is 0 Å². The van der Waals surface area contributed by atoms with Crippen molar-refractivity contribution in [1.82, 2.24) is 0 Å². The Morgan fingerprint density at radius 3 is 3.10 bits per heavy atom. The minimum Gasteiger partial charge on any atom is -0.152 e. The van der Waals surface area contributed by atoms with Crippen LogP contribution in [0.1, 0.15) is 12.0 Å². The fourth-order valence-electron chi connectivity index (χ4n) is 0.652. The first-order valence-electron chi connectivity index (χ1n) is 3.18. The third kappa shape index (κ3) is 2.67. The molecule has 0 saturated carbocycles. The average molecular weight is 217 g/mol. The fourth-order valence-corrected chi connectivity index (χ4v) is 1.55. The molecule has 0 atom stereocenters. The monoisotopic (exact) mass is 216 g/mol. The third-order valence-electron chi connectivity index (χ3n) is 1.13. The second kappa shape index (κ2) is 4.69. The van der Waals surface area contributed by atoms with Crippen molar-refractivity contribution >= 4 is 33.3 Å². The Morgan fingerprint density at radius 1 is 1.60 bits per heavy atom. The molecule has 0 unspecified atom stereocenters. The van der Waals surface area contributed by atoms with E-state index in [0.717, 1.165) is 11.8 Å². The van der Waals surface area contributed by atoms with E-state index >= 15 is 0 Å². The van der Waals surface area contributed by atoms with Gasteiger partial charge in [0, 0.05) is 5.33 Å². The van der Waals surface area contributed by atoms with E-state index in [-0.39, 0.29) is 0 Å². The van der Waals surface area contributed by atoms with E-state index in [1.165, 1.54) is 5.56 Å². The molecule has 0 aromatic carbocycles. The van der Waals surface area contributed by atoms with E-state index in [4.69, 9.17) is 0 Å². The van der Waals surface area contributed by atoms with Crippen LogP contribution in [-0.4, -0.2) is 5.33 Å². The van der Waals surface area contributed by atoms with Crippen molar-refractivity contribution in [3.8, 4) is 0 Å². The lowest BCUT2D eigenvalue weighted by Crippen LogP contribution is -1.65. The predicted octanol–water partition coefficient (Wildman–Crippen LogP) is 3.55. The first kappa shape index (κ1) is 8.02. The third-order valence-corrected chi connectivity index (χ3v) is 2.29. The van der Waals surface area contributed by atoms with E-state index < -0.39 is 0 Å². The molecule has 0 nitrogen and oxygen atoms in total. The Morgan fingerprint density at radius 2 is 2.50 bits per heavy atom. The van der Waals surface area contributed by atoms with Crippen molar-refractivity contribution in [2.45, 2.75) is 6.42 Å². The molecule has 2 heteroatoms. The molecule has 0 amide bonds. The fraction of sp³-hybridized carbons (Fsp3) is 0.250. The summed E-state index contributed by atoms with van der Waals surface area (Å²) in [4.78, 5) is 0. The Kier molecular flexibility index (Phi) is 3.76. The lowest BCUT2D eigenvalue weighted by atomic mass is 10.3. The quantitative estimate of drug-likeness (QED) is 0.679. The summed E-state index contributed by atoms with van der Waals surface area (Å²) < 4.78 is 0. The highest BCUT2D eigenvalue weighted by atomic mass is 79.9. The molecule has 54 valence electrons. The summed E-state index contributed by atoms with van der Waals surface area (Å²) in [6.45, 7) is 0. The zero-order valence-corrected chi connectivity index (χ0v) is 7.99. The topological polar surface area (TPSA) is 0 Å². The van der Waals surface area contributed by atoms with Gasteiger partial charge in [-0.1, -0.05) is 28.1 Å². The molecule has 0 aliphatic rings. The van der Waals surface area contributed by atoms with Crippen molar-refractivity contribution in [3.05, 3.63) is 28.5 Å². The number of allylic oxidation sites excluding steroid dienone is 1. The van der Waals surface area contributed by atoms with Gasteiger partial charge in [-0.3, -0.25) is 0 Å². The molecule has 1 rings (SSSR count). The van der Waals surface area contributed by atoms with Gasteiger partial charge in [0.15, 0.2) is 0 Å². The van der Waals surface area contributed by atoms with E-state index in [2.05, 4.69) is 44.9 Å². The van der Waals surface area contributed by atoms with E-state index in [1.54, 1.807) is 11.3 Å². The van der Waals surface area contributed by atoms with Crippen LogP contribution in [-0.2, 0) is 0 Å². The van der Waals surface area contributed by atoms with Crippen LogP contribution in [0, 0.1) is 0 Å². The van der Waals surface area contributed by atoms with Gasteiger partial charge in [-0.15, -0.1) is 0 Å². The summed E-state index contributed by atoms with van der Waals surface area (Å²) in [6.07, 6.45) is 5.43. The molecule has 0 aliphatic carbocycles. The molecule has 0 radical (unpaired) electrons. The van der Waals surface area contributed by atoms with E-state index in [1.807, 2.05) is 0 Å². The van der Waals surface area contributed by atoms with Gasteiger partial charge in [0.1, 0.15) is 0 Å². The second-order valence-electron chi connectivity index (χ2n) is 1.94. The van der Waals surface area contributed by atoms with Gasteiger partial charge < -0.3 is 0 Å². The zero-order chi connectivity index (χ0) is 7.23. The minimum absolute atomic E-state index is 1.05. The van der Waals surface area contributed by atoms with Crippen LogP contribution in [0.25, 0.3) is 6.08 Å². The summed E-state index contributed by atoms with van der Waals surface area (Å²) in [5.74, 6) is 0. The Bertz CT molecular complexity index is 189. The average Bonchev–Trinajstić information content (AvgIpc) is 2.41. The standard InChI is InChI=1S/C8H9BrS/c9-5-2-1-3-8-4-6-10-7-8/h1,3-4,6-7H,2,5H2/b3-1+. The largest absolute Gasteiger partial charge is 0.152 e. The highest BCUT2D eigenvalue weighted by molar-refractivity contribution is 9.09. The van der Waals surface area contributed by atoms with Gasteiger partial charge in [0.05, 0.1) is 0 Å². The van der Waals surface area contributed by atoms with Crippen LogP contribution in [0.15, 0.2) is 22.9 Å². The normalized spacial score (nSPS) is 10.9. The Labute approximate surface area is 73.7 Å². The predicted molar refractivity (Wildman–Crippen MR) is 51.8 cm³/mol. The van der Waals surface area contributed by atoms with Crippen molar-refractivity contribution in [2.75, 3.05) is 5.33 Å². The second-order valence-corrected chi connectivity index (χ2v) is 3.51. The van der Waals surface area contributed by atoms with Gasteiger partial charge in [-0.2, -0.15) is 11.3 Å². The van der Waals surface area contributed by atoms with Gasteiger partial charge in [-0.05, 0) is 28.8 Å². The molecule has 10 heavy (non-hydrogen) atoms. The van der Waals surface area contributed by atoms with Crippen molar-refractivity contribution < 1.29 is 0 Å². The van der Waals surface area contributed by atoms with Crippen molar-refractivity contribution in [3.63, 3.8) is 0 Å². The maximum absolute atomic E-state index is 3.37.